The van der Waals surface area contributed by atoms with E-state index in [9.17, 15) is 80.5 Å². The topological polar surface area (TPSA) is 405 Å². The summed E-state index contributed by atoms with van der Waals surface area (Å²) in [6.07, 6.45) is 42.0. The van der Waals surface area contributed by atoms with E-state index in [-0.39, 0.29) is 105 Å². The van der Waals surface area contributed by atoms with Gasteiger partial charge in [0, 0.05) is 79.0 Å². The Kier molecular flexibility index (Phi) is 47.8. The van der Waals surface area contributed by atoms with Crippen LogP contribution in [0.15, 0.2) is 94.4 Å². The number of rotatable bonds is 61. The maximum absolute atomic E-state index is 13.0. The van der Waals surface area contributed by atoms with Crippen molar-refractivity contribution >= 4 is 89.3 Å². The van der Waals surface area contributed by atoms with Gasteiger partial charge in [0.05, 0.1) is 50.8 Å². The van der Waals surface area contributed by atoms with Crippen LogP contribution >= 0.6 is 7.82 Å². The van der Waals surface area contributed by atoms with E-state index in [0.717, 1.165) is 77.0 Å². The molecule has 0 aliphatic carbocycles. The van der Waals surface area contributed by atoms with Crippen LogP contribution in [-0.2, 0) is 93.5 Å². The minimum Gasteiger partial charge on any atom is -0.756 e. The standard InChI is InChI=1S/C78H125N4O23PS4.Na/c1-6-8-10-12-14-16-18-20-22-24-26-28-30-32-36-45-74(84)102-62-64(105-75(85)46-37-33-31-29-27-25-23-21-19-17-15-13-11-9-7-2)63-104-106(87,88)103-57-53-80-76(86)101-56-52-79-73(83)44-35-34-38-51-78(5)68-61-66(110(98,99)100)48-50-70(68)82(55-41-59-108(92,93)94)72(78)43-39-42-71-77(3,4)67-60-65(109(95,96)97)47-49-69(67)81(71)54-40-58-107(89,90)91;/h20-23,39,42-43,47-50,60-61,64H,6-19,24-38,40-41,44-46,51-59,62-63H2,1-5H3,(H6-,79,80,83,86,87,88,89,90,91,92,93,94,95,96,97,98,99,100);/q;+1/p-1/b22-20-,23-21-;/t64-,78?;/m1./s1. The van der Waals surface area contributed by atoms with E-state index >= 15 is 0 Å². The van der Waals surface area contributed by atoms with Crippen molar-refractivity contribution in [2.24, 2.45) is 0 Å². The van der Waals surface area contributed by atoms with Gasteiger partial charge in [-0.25, -0.2) is 13.2 Å². The smallest absolute Gasteiger partial charge is 0.756 e. The molecule has 111 heavy (non-hydrogen) atoms. The van der Waals surface area contributed by atoms with Crippen molar-refractivity contribution in [3.05, 3.63) is 95.8 Å². The van der Waals surface area contributed by atoms with E-state index in [1.54, 1.807) is 41.6 Å². The number of phosphoric ester groups is 1. The van der Waals surface area contributed by atoms with Crippen LogP contribution in [0.1, 0.15) is 270 Å². The van der Waals surface area contributed by atoms with E-state index in [1.807, 2.05) is 6.92 Å². The summed E-state index contributed by atoms with van der Waals surface area (Å²) in [6.45, 7) is 7.44. The molecule has 2 heterocycles. The maximum atomic E-state index is 13.0. The van der Waals surface area contributed by atoms with Gasteiger partial charge in [-0.1, -0.05) is 160 Å². The fourth-order valence-electron chi connectivity index (χ4n) is 13.5. The minimum atomic E-state index is -5.05. The van der Waals surface area contributed by atoms with Crippen molar-refractivity contribution in [1.82, 2.24) is 10.6 Å². The Morgan fingerprint density at radius 1 is 0.586 bits per heavy atom. The molecule has 0 radical (unpaired) electrons. The van der Waals surface area contributed by atoms with Gasteiger partial charge in [0.25, 0.3) is 38.2 Å². The molecule has 0 bridgehead atoms. The monoisotopic (exact) mass is 1670 g/mol. The van der Waals surface area contributed by atoms with Gasteiger partial charge in [-0.2, -0.15) is 29.8 Å². The molecular weight excluding hydrogens is 1540 g/mol. The maximum Gasteiger partial charge on any atom is 1.00 e. The van der Waals surface area contributed by atoms with Gasteiger partial charge >= 0.3 is 47.6 Å². The molecule has 2 unspecified atom stereocenters. The summed E-state index contributed by atoms with van der Waals surface area (Å²) >= 11 is 0. The largest absolute Gasteiger partial charge is 1.00 e. The first-order chi connectivity index (χ1) is 52.1. The predicted molar refractivity (Wildman–Crippen MR) is 422 cm³/mol. The van der Waals surface area contributed by atoms with Crippen LogP contribution in [0.4, 0.5) is 16.2 Å². The molecule has 0 aromatic heterocycles. The fraction of sp³-hybridized carbons (Fsp3) is 0.679. The Morgan fingerprint density at radius 3 is 1.64 bits per heavy atom. The van der Waals surface area contributed by atoms with Crippen molar-refractivity contribution in [2.75, 3.05) is 69.0 Å². The van der Waals surface area contributed by atoms with Gasteiger partial charge in [-0.15, -0.1) is 0 Å². The first-order valence-corrected chi connectivity index (χ1v) is 47.0. The molecule has 33 heteroatoms. The normalized spacial score (nSPS) is 16.3. The molecule has 4 rings (SSSR count). The number of hydrogen-bond acceptors (Lipinski definition) is 21. The first-order valence-electron chi connectivity index (χ1n) is 39.5. The minimum absolute atomic E-state index is 0. The molecule has 2 amide bonds. The Morgan fingerprint density at radius 2 is 1.09 bits per heavy atom. The molecule has 0 saturated carbocycles. The van der Waals surface area contributed by atoms with E-state index in [1.165, 1.54) is 113 Å². The molecule has 27 nitrogen and oxygen atoms in total. The predicted octanol–water partition coefficient (Wildman–Crippen LogP) is 11.8. The third-order valence-corrected chi connectivity index (χ3v) is 23.8. The molecule has 0 saturated heterocycles. The number of phosphoric acid groups is 1. The molecule has 0 spiro atoms. The summed E-state index contributed by atoms with van der Waals surface area (Å²) < 4.78 is 179. The summed E-state index contributed by atoms with van der Waals surface area (Å²) in [5.41, 5.74) is 0.841. The summed E-state index contributed by atoms with van der Waals surface area (Å²) in [4.78, 5) is 65.1. The zero-order valence-electron chi connectivity index (χ0n) is 66.4. The van der Waals surface area contributed by atoms with Crippen LogP contribution in [-0.4, -0.2) is 156 Å². The number of nitrogens with one attached hydrogen (secondary N) is 2. The van der Waals surface area contributed by atoms with E-state index in [2.05, 4.69) is 48.8 Å². The number of allylic oxidation sites excluding steroid dienone is 8. The number of anilines is 1. The quantitative estimate of drug-likeness (QED) is 0.00600. The molecule has 2 aromatic rings. The molecule has 2 aliphatic heterocycles. The van der Waals surface area contributed by atoms with Gasteiger partial charge < -0.3 is 48.2 Å². The Labute approximate surface area is 683 Å². The number of unbranched alkanes of at least 4 members (excludes halogenated alkanes) is 24. The zero-order valence-corrected chi connectivity index (χ0v) is 72.5. The second-order valence-corrected chi connectivity index (χ2v) is 36.5. The van der Waals surface area contributed by atoms with Crippen LogP contribution in [0.5, 0.6) is 0 Å². The second-order valence-electron chi connectivity index (χ2n) is 29.1. The molecule has 5 N–H and O–H groups in total. The zero-order chi connectivity index (χ0) is 81.1. The first kappa shape index (κ1) is 100. The van der Waals surface area contributed by atoms with Crippen LogP contribution < -0.4 is 50.0 Å². The van der Waals surface area contributed by atoms with E-state index in [0.29, 0.717) is 72.4 Å². The molecule has 0 fully saturated rings. The summed E-state index contributed by atoms with van der Waals surface area (Å²) in [5.74, 6) is -2.82. The average molecular weight is 1670 g/mol. The number of esters is 2. The summed E-state index contributed by atoms with van der Waals surface area (Å²) in [7, 11) is -23.5. The number of alkyl carbamates (subject to hydrolysis) is 1. The molecule has 2 aliphatic rings. The van der Waals surface area contributed by atoms with Crippen molar-refractivity contribution in [3.63, 3.8) is 0 Å². The SMILES string of the molecule is CCCCCCCC/C=C\CCCCCCCC(=O)OC[C@H](COP(=O)([O-])OCCNC(=O)OCCNC(=O)CCCCCC1(C)/C(=C/C=C/C2=[N+](CCCS(=O)(=O)O)c3ccc(S(=O)(=O)O)cc3C2(C)C)N(CCCS(=O)(=O)[O-])c2ccc(S(=O)(=O)O)cc21)OC(=O)CCCCCCC/C=C\CCCCCCCC.[Na+]. The molecule has 2 aromatic carbocycles. The summed E-state index contributed by atoms with van der Waals surface area (Å²) in [6, 6.07) is 7.94. The van der Waals surface area contributed by atoms with Crippen molar-refractivity contribution in [2.45, 2.75) is 286 Å². The van der Waals surface area contributed by atoms with Gasteiger partial charge in [0.15, 0.2) is 11.8 Å². The average Bonchev–Trinajstić information content (AvgIpc) is 1.59. The number of carbonyl (C=O) groups excluding carboxylic acids is 4. The number of fused-ring (bicyclic) bond motifs is 2. The third kappa shape index (κ3) is 40.6. The van der Waals surface area contributed by atoms with Gasteiger partial charge in [0.1, 0.15) is 19.8 Å². The Balaban J connectivity index is 0.0000319. The van der Waals surface area contributed by atoms with Crippen LogP contribution in [0.2, 0.25) is 0 Å². The number of hydrogen-bond donors (Lipinski definition) is 5. The Hall–Kier alpha value is -4.70. The molecule has 3 atom stereocenters. The van der Waals surface area contributed by atoms with Crippen LogP contribution in [0.3, 0.4) is 0 Å². The number of ether oxygens (including phenoxy) is 3. The van der Waals surface area contributed by atoms with Crippen molar-refractivity contribution in [3.8, 4) is 0 Å². The van der Waals surface area contributed by atoms with Gasteiger partial charge in [-0.05, 0) is 146 Å². The number of carbonyl (C=O) groups is 4. The summed E-state index contributed by atoms with van der Waals surface area (Å²) in [5, 5.41) is 5.01. The van der Waals surface area contributed by atoms with E-state index < -0.39 is 119 Å². The molecule has 624 valence electrons. The Bertz CT molecular complexity index is 3890. The van der Waals surface area contributed by atoms with Crippen molar-refractivity contribution in [1.29, 1.82) is 0 Å². The fourth-order valence-corrected chi connectivity index (χ4v) is 16.3. The number of nitrogens with zero attached hydrogens (tertiary/aromatic N) is 2. The number of benzene rings is 2. The second kappa shape index (κ2) is 52.8. The third-order valence-electron chi connectivity index (χ3n) is 19.5. The van der Waals surface area contributed by atoms with Crippen LogP contribution in [0.25, 0.3) is 0 Å². The van der Waals surface area contributed by atoms with E-state index in [4.69, 9.17) is 23.3 Å². The van der Waals surface area contributed by atoms with Crippen LogP contribution in [0, 0.1) is 0 Å². The van der Waals surface area contributed by atoms with Gasteiger partial charge in [-0.3, -0.25) is 32.6 Å². The van der Waals surface area contributed by atoms with Crippen molar-refractivity contribution < 1.29 is 138 Å². The number of amides is 2. The molecular formula is C78H124N4NaO23PS4. The van der Waals surface area contributed by atoms with Gasteiger partial charge in [0.2, 0.25) is 11.6 Å².